The van der Waals surface area contributed by atoms with Crippen LogP contribution in [0.2, 0.25) is 0 Å². The maximum Gasteiger partial charge on any atom is 0.262 e. The number of methoxy groups -OCH3 is 2. The quantitative estimate of drug-likeness (QED) is 0.329. The van der Waals surface area contributed by atoms with Crippen molar-refractivity contribution in [2.75, 3.05) is 20.8 Å². The second-order valence-corrected chi connectivity index (χ2v) is 9.04. The van der Waals surface area contributed by atoms with E-state index in [1.54, 1.807) is 37.0 Å². The van der Waals surface area contributed by atoms with Crippen LogP contribution < -0.4 is 20.3 Å². The monoisotopic (exact) mass is 457 g/mol. The Bertz CT molecular complexity index is 1080. The molecular weight excluding hydrogens is 426 g/mol. The highest BCUT2D eigenvalue weighted by atomic mass is 32.2. The van der Waals surface area contributed by atoms with Crippen LogP contribution in [0.1, 0.15) is 39.0 Å². The number of carbonyl (C=O) groups is 1. The molecular formula is C24H31N3O4S. The number of amides is 1. The first-order valence-corrected chi connectivity index (χ1v) is 11.8. The third-order valence-corrected chi connectivity index (χ3v) is 6.63. The molecule has 0 fully saturated rings. The van der Waals surface area contributed by atoms with Crippen LogP contribution in [0.4, 0.5) is 0 Å². The van der Waals surface area contributed by atoms with E-state index in [0.717, 1.165) is 19.3 Å². The number of aromatic nitrogens is 2. The Labute approximate surface area is 192 Å². The average molecular weight is 458 g/mol. The fraction of sp³-hybridized carbons (Fsp3) is 0.458. The number of rotatable bonds is 10. The molecule has 8 heteroatoms. The molecule has 1 N–H and O–H groups in total. The maximum absolute atomic E-state index is 13.5. The van der Waals surface area contributed by atoms with Crippen molar-refractivity contribution in [3.8, 4) is 11.5 Å². The number of ether oxygens (including phenoxy) is 2. The molecule has 32 heavy (non-hydrogen) atoms. The topological polar surface area (TPSA) is 82.5 Å². The second kappa shape index (κ2) is 11.2. The molecule has 1 aliphatic rings. The first kappa shape index (κ1) is 23.9. The highest BCUT2D eigenvalue weighted by Gasteiger charge is 2.21. The number of benzene rings is 1. The lowest BCUT2D eigenvalue weighted by molar-refractivity contribution is -0.120. The summed E-state index contributed by atoms with van der Waals surface area (Å²) in [7, 11) is 3.09. The summed E-state index contributed by atoms with van der Waals surface area (Å²) < 4.78 is 12.5. The molecule has 0 bridgehead atoms. The van der Waals surface area contributed by atoms with Gasteiger partial charge in [0.15, 0.2) is 16.7 Å². The van der Waals surface area contributed by atoms with Crippen molar-refractivity contribution >= 4 is 28.6 Å². The van der Waals surface area contributed by atoms with Gasteiger partial charge in [0.05, 0.1) is 30.4 Å². The van der Waals surface area contributed by atoms with E-state index in [9.17, 15) is 9.59 Å². The third-order valence-electron chi connectivity index (χ3n) is 5.54. The molecule has 1 aromatic heterocycles. The summed E-state index contributed by atoms with van der Waals surface area (Å²) in [5.41, 5.74) is 1.75. The Kier molecular flexibility index (Phi) is 8.39. The molecule has 1 unspecified atom stereocenters. The van der Waals surface area contributed by atoms with E-state index >= 15 is 0 Å². The van der Waals surface area contributed by atoms with Crippen LogP contribution in [-0.2, 0) is 11.3 Å². The second-order valence-electron chi connectivity index (χ2n) is 7.73. The fourth-order valence-electron chi connectivity index (χ4n) is 3.73. The van der Waals surface area contributed by atoms with Gasteiger partial charge < -0.3 is 14.8 Å². The number of thioether (sulfide) groups is 1. The minimum absolute atomic E-state index is 0.127. The van der Waals surface area contributed by atoms with Crippen molar-refractivity contribution in [1.29, 1.82) is 0 Å². The number of hydrogen-bond acceptors (Lipinski definition) is 6. The molecule has 0 saturated carbocycles. The van der Waals surface area contributed by atoms with Crippen LogP contribution in [0.15, 0.2) is 46.4 Å². The van der Waals surface area contributed by atoms with Gasteiger partial charge in [0.2, 0.25) is 5.91 Å². The largest absolute Gasteiger partial charge is 0.493 e. The third kappa shape index (κ3) is 5.54. The van der Waals surface area contributed by atoms with Crippen LogP contribution in [0.5, 0.6) is 11.5 Å². The molecule has 0 radical (unpaired) electrons. The summed E-state index contributed by atoms with van der Waals surface area (Å²) >= 11 is 1.28. The molecule has 172 valence electrons. The minimum atomic E-state index is -0.417. The van der Waals surface area contributed by atoms with E-state index in [1.165, 1.54) is 30.2 Å². The van der Waals surface area contributed by atoms with Crippen molar-refractivity contribution in [2.45, 2.75) is 56.0 Å². The number of carbonyl (C=O) groups excluding carboxylic acids is 1. The highest BCUT2D eigenvalue weighted by Crippen LogP contribution is 2.32. The lowest BCUT2D eigenvalue weighted by atomic mass is 9.97. The number of nitrogens with one attached hydrogen (secondary N) is 1. The van der Waals surface area contributed by atoms with E-state index in [0.29, 0.717) is 40.6 Å². The molecule has 7 nitrogen and oxygen atoms in total. The molecule has 1 heterocycles. The maximum atomic E-state index is 13.5. The Morgan fingerprint density at radius 1 is 1.31 bits per heavy atom. The van der Waals surface area contributed by atoms with Crippen LogP contribution in [-0.4, -0.2) is 41.5 Å². The van der Waals surface area contributed by atoms with E-state index < -0.39 is 5.25 Å². The fourth-order valence-corrected chi connectivity index (χ4v) is 4.69. The Morgan fingerprint density at radius 3 is 2.72 bits per heavy atom. The van der Waals surface area contributed by atoms with E-state index in [1.807, 2.05) is 6.92 Å². The molecule has 1 aromatic carbocycles. The highest BCUT2D eigenvalue weighted by molar-refractivity contribution is 8.00. The molecule has 1 amide bonds. The van der Waals surface area contributed by atoms with Gasteiger partial charge in [-0.05, 0) is 45.1 Å². The van der Waals surface area contributed by atoms with Gasteiger partial charge in [0.25, 0.3) is 5.56 Å². The number of fused-ring (bicyclic) bond motifs is 1. The summed E-state index contributed by atoms with van der Waals surface area (Å²) in [6.45, 7) is 6.35. The Hall–Kier alpha value is -2.74. The first-order valence-electron chi connectivity index (χ1n) is 10.9. The van der Waals surface area contributed by atoms with Gasteiger partial charge in [-0.2, -0.15) is 0 Å². The number of hydrogen-bond donors (Lipinski definition) is 1. The van der Waals surface area contributed by atoms with Crippen molar-refractivity contribution in [3.05, 3.63) is 46.8 Å². The smallest absolute Gasteiger partial charge is 0.262 e. The standard InChI is InChI=1S/C24H31N3O4S/c1-5-12-25-22(28)16(2)32-24-26-19-15-21(31-4)20(30-3)14-18(19)23(29)27(24)13-11-17-9-7-6-8-10-17/h5,9,14-16H,1,6-8,10-13H2,2-4H3,(H,25,28). The Balaban J connectivity index is 2.02. The van der Waals surface area contributed by atoms with Gasteiger partial charge in [0, 0.05) is 19.2 Å². The average Bonchev–Trinajstić information content (AvgIpc) is 2.82. The molecule has 0 spiro atoms. The summed E-state index contributed by atoms with van der Waals surface area (Å²) in [5, 5.41) is 3.37. The normalized spacial score (nSPS) is 14.5. The van der Waals surface area contributed by atoms with Crippen molar-refractivity contribution in [2.24, 2.45) is 0 Å². The van der Waals surface area contributed by atoms with Crippen LogP contribution in [0.3, 0.4) is 0 Å². The molecule has 0 saturated heterocycles. The molecule has 1 atom stereocenters. The molecule has 0 aliphatic heterocycles. The molecule has 1 aliphatic carbocycles. The molecule has 3 rings (SSSR count). The minimum Gasteiger partial charge on any atom is -0.493 e. The molecule has 2 aromatic rings. The van der Waals surface area contributed by atoms with Crippen LogP contribution >= 0.6 is 11.8 Å². The summed E-state index contributed by atoms with van der Waals surface area (Å²) in [6, 6.07) is 3.38. The SMILES string of the molecule is C=CCNC(=O)C(C)Sc1nc2cc(OC)c(OC)cc2c(=O)n1CCC1=CCCCC1. The summed E-state index contributed by atoms with van der Waals surface area (Å²) in [4.78, 5) is 30.7. The van der Waals surface area contributed by atoms with Gasteiger partial charge in [-0.25, -0.2) is 4.98 Å². The first-order chi connectivity index (χ1) is 15.5. The predicted octanol–water partition coefficient (Wildman–Crippen LogP) is 4.09. The zero-order chi connectivity index (χ0) is 23.1. The number of nitrogens with zero attached hydrogens (tertiary/aromatic N) is 2. The van der Waals surface area contributed by atoms with Crippen molar-refractivity contribution in [3.63, 3.8) is 0 Å². The predicted molar refractivity (Wildman–Crippen MR) is 129 cm³/mol. The zero-order valence-electron chi connectivity index (χ0n) is 19.0. The van der Waals surface area contributed by atoms with Crippen molar-refractivity contribution < 1.29 is 14.3 Å². The van der Waals surface area contributed by atoms with Gasteiger partial charge in [-0.3, -0.25) is 14.2 Å². The summed E-state index contributed by atoms with van der Waals surface area (Å²) in [6.07, 6.45) is 9.30. The Morgan fingerprint density at radius 2 is 2.06 bits per heavy atom. The number of allylic oxidation sites excluding steroid dienone is 2. The summed E-state index contributed by atoms with van der Waals surface area (Å²) in [5.74, 6) is 0.862. The van der Waals surface area contributed by atoms with E-state index in [2.05, 4.69) is 18.0 Å². The van der Waals surface area contributed by atoms with Crippen molar-refractivity contribution in [1.82, 2.24) is 14.9 Å². The van der Waals surface area contributed by atoms with Gasteiger partial charge >= 0.3 is 0 Å². The van der Waals surface area contributed by atoms with Crippen LogP contribution in [0.25, 0.3) is 10.9 Å². The van der Waals surface area contributed by atoms with E-state index in [-0.39, 0.29) is 11.5 Å². The van der Waals surface area contributed by atoms with Gasteiger partial charge in [-0.1, -0.05) is 29.5 Å². The lowest BCUT2D eigenvalue weighted by Gasteiger charge is -2.18. The lowest BCUT2D eigenvalue weighted by Crippen LogP contribution is -2.32. The van der Waals surface area contributed by atoms with Gasteiger partial charge in [-0.15, -0.1) is 6.58 Å². The zero-order valence-corrected chi connectivity index (χ0v) is 19.8. The van der Waals surface area contributed by atoms with Crippen LogP contribution in [0, 0.1) is 0 Å². The van der Waals surface area contributed by atoms with E-state index in [4.69, 9.17) is 14.5 Å². The van der Waals surface area contributed by atoms with Gasteiger partial charge in [0.1, 0.15) is 0 Å².